The van der Waals surface area contributed by atoms with E-state index < -0.39 is 11.9 Å². The molecule has 146 valence electrons. The van der Waals surface area contributed by atoms with E-state index in [-0.39, 0.29) is 18.3 Å². The van der Waals surface area contributed by atoms with Crippen molar-refractivity contribution in [3.8, 4) is 11.5 Å². The molecule has 0 saturated carbocycles. The Morgan fingerprint density at radius 2 is 1.68 bits per heavy atom. The first-order valence-corrected chi connectivity index (χ1v) is 9.26. The quantitative estimate of drug-likeness (QED) is 0.559. The van der Waals surface area contributed by atoms with Crippen LogP contribution in [0.5, 0.6) is 11.5 Å². The molecule has 0 amide bonds. The van der Waals surface area contributed by atoms with Crippen LogP contribution < -0.4 is 9.47 Å². The Kier molecular flexibility index (Phi) is 6.14. The fourth-order valence-corrected chi connectivity index (χ4v) is 3.59. The number of allylic oxidation sites excluding steroid dienone is 2. The van der Waals surface area contributed by atoms with Gasteiger partial charge in [-0.2, -0.15) is 0 Å². The summed E-state index contributed by atoms with van der Waals surface area (Å²) in [6.07, 6.45) is 2.11. The molecule has 0 aromatic heterocycles. The molecular weight excluding hydrogens is 356 g/mol. The van der Waals surface area contributed by atoms with Crippen molar-refractivity contribution in [2.24, 2.45) is 5.92 Å². The highest BCUT2D eigenvalue weighted by Gasteiger charge is 2.40. The fourth-order valence-electron chi connectivity index (χ4n) is 3.59. The minimum atomic E-state index is -0.885. The Bertz CT molecular complexity index is 863. The number of carbonyl (C=O) groups excluding carboxylic acids is 2. The van der Waals surface area contributed by atoms with Gasteiger partial charge in [0.25, 0.3) is 0 Å². The summed E-state index contributed by atoms with van der Waals surface area (Å²) in [5, 5.41) is 0. The van der Waals surface area contributed by atoms with Crippen molar-refractivity contribution < 1.29 is 23.8 Å². The summed E-state index contributed by atoms with van der Waals surface area (Å²) in [5.41, 5.74) is 2.68. The molecule has 5 heteroatoms. The highest BCUT2D eigenvalue weighted by atomic mass is 16.5. The first-order chi connectivity index (χ1) is 13.6. The lowest BCUT2D eigenvalue weighted by Gasteiger charge is -2.30. The molecule has 3 rings (SSSR count). The van der Waals surface area contributed by atoms with E-state index in [1.807, 2.05) is 42.5 Å². The van der Waals surface area contributed by atoms with Crippen LogP contribution in [-0.2, 0) is 14.3 Å². The minimum absolute atomic E-state index is 0.228. The summed E-state index contributed by atoms with van der Waals surface area (Å²) in [7, 11) is 3.14. The third-order valence-electron chi connectivity index (χ3n) is 4.95. The predicted molar refractivity (Wildman–Crippen MR) is 106 cm³/mol. The summed E-state index contributed by atoms with van der Waals surface area (Å²) in [5.74, 6) is -0.765. The molecule has 0 heterocycles. The van der Waals surface area contributed by atoms with Crippen molar-refractivity contribution >= 4 is 17.3 Å². The van der Waals surface area contributed by atoms with Crippen LogP contribution in [0.25, 0.3) is 5.57 Å². The van der Waals surface area contributed by atoms with Gasteiger partial charge in [-0.3, -0.25) is 9.59 Å². The number of ether oxygens (including phenoxy) is 3. The van der Waals surface area contributed by atoms with Crippen molar-refractivity contribution in [3.63, 3.8) is 0 Å². The first-order valence-electron chi connectivity index (χ1n) is 9.26. The Morgan fingerprint density at radius 1 is 1.04 bits per heavy atom. The number of hydrogen-bond acceptors (Lipinski definition) is 5. The average Bonchev–Trinajstić information content (AvgIpc) is 2.73. The Balaban J connectivity index is 2.08. The molecule has 28 heavy (non-hydrogen) atoms. The Hall–Kier alpha value is -3.08. The molecule has 0 bridgehead atoms. The number of hydrogen-bond donors (Lipinski definition) is 0. The maximum atomic E-state index is 12.9. The van der Waals surface area contributed by atoms with Gasteiger partial charge in [-0.15, -0.1) is 0 Å². The van der Waals surface area contributed by atoms with E-state index in [1.165, 1.54) is 0 Å². The molecule has 0 saturated heterocycles. The summed E-state index contributed by atoms with van der Waals surface area (Å²) >= 11 is 0. The molecule has 2 atom stereocenters. The first kappa shape index (κ1) is 19.7. The van der Waals surface area contributed by atoms with Gasteiger partial charge in [-0.25, -0.2) is 0 Å². The van der Waals surface area contributed by atoms with E-state index in [4.69, 9.17) is 14.2 Å². The van der Waals surface area contributed by atoms with Crippen molar-refractivity contribution in [2.45, 2.75) is 19.3 Å². The highest BCUT2D eigenvalue weighted by molar-refractivity contribution is 6.10. The topological polar surface area (TPSA) is 61.8 Å². The van der Waals surface area contributed by atoms with E-state index in [0.29, 0.717) is 17.9 Å². The van der Waals surface area contributed by atoms with E-state index in [9.17, 15) is 9.59 Å². The zero-order valence-corrected chi connectivity index (χ0v) is 16.3. The number of rotatable bonds is 6. The number of carbonyl (C=O) groups is 2. The van der Waals surface area contributed by atoms with Gasteiger partial charge in [0.05, 0.1) is 20.8 Å². The van der Waals surface area contributed by atoms with Crippen molar-refractivity contribution in [1.29, 1.82) is 0 Å². The SMILES string of the molecule is CCOC(=O)C1C(=O)C=C(c2ccccc2)CC1c1cc(OC)cc(OC)c1. The number of benzene rings is 2. The van der Waals surface area contributed by atoms with Crippen molar-refractivity contribution in [1.82, 2.24) is 0 Å². The van der Waals surface area contributed by atoms with Crippen LogP contribution in [0.2, 0.25) is 0 Å². The summed E-state index contributed by atoms with van der Waals surface area (Å²) in [4.78, 5) is 25.6. The largest absolute Gasteiger partial charge is 0.497 e. The van der Waals surface area contributed by atoms with Crippen LogP contribution in [0.4, 0.5) is 0 Å². The molecule has 5 nitrogen and oxygen atoms in total. The number of methoxy groups -OCH3 is 2. The van der Waals surface area contributed by atoms with Crippen LogP contribution in [0.15, 0.2) is 54.6 Å². The molecule has 0 aliphatic heterocycles. The van der Waals surface area contributed by atoms with Crippen LogP contribution in [-0.4, -0.2) is 32.6 Å². The van der Waals surface area contributed by atoms with Gasteiger partial charge >= 0.3 is 5.97 Å². The summed E-state index contributed by atoms with van der Waals surface area (Å²) in [6, 6.07) is 15.2. The lowest BCUT2D eigenvalue weighted by Crippen LogP contribution is -2.34. The van der Waals surface area contributed by atoms with Gasteiger partial charge in [-0.1, -0.05) is 30.3 Å². The van der Waals surface area contributed by atoms with E-state index in [2.05, 4.69) is 0 Å². The minimum Gasteiger partial charge on any atom is -0.497 e. The van der Waals surface area contributed by atoms with Crippen LogP contribution >= 0.6 is 0 Å². The molecule has 0 N–H and O–H groups in total. The molecule has 0 fully saturated rings. The number of ketones is 1. The average molecular weight is 380 g/mol. The lowest BCUT2D eigenvalue weighted by atomic mass is 9.73. The summed E-state index contributed by atoms with van der Waals surface area (Å²) < 4.78 is 16.0. The monoisotopic (exact) mass is 380 g/mol. The van der Waals surface area contributed by atoms with Crippen LogP contribution in [0, 0.1) is 5.92 Å². The van der Waals surface area contributed by atoms with Gasteiger partial charge in [0, 0.05) is 12.0 Å². The second-order valence-corrected chi connectivity index (χ2v) is 6.62. The molecule has 0 radical (unpaired) electrons. The Labute approximate surface area is 164 Å². The maximum Gasteiger partial charge on any atom is 0.317 e. The molecule has 1 aliphatic rings. The maximum absolute atomic E-state index is 12.9. The van der Waals surface area contributed by atoms with Gasteiger partial charge in [0.2, 0.25) is 0 Å². The number of esters is 1. The third-order valence-corrected chi connectivity index (χ3v) is 4.95. The fraction of sp³-hybridized carbons (Fsp3) is 0.304. The van der Waals surface area contributed by atoms with Gasteiger partial charge < -0.3 is 14.2 Å². The zero-order chi connectivity index (χ0) is 20.1. The Morgan fingerprint density at radius 3 is 2.25 bits per heavy atom. The van der Waals surface area contributed by atoms with E-state index in [1.54, 1.807) is 33.3 Å². The molecular formula is C23H24O5. The second kappa shape index (κ2) is 8.74. The standard InChI is InChI=1S/C23H24O5/c1-4-28-23(25)22-20(17-10-18(26-2)14-19(11-17)27-3)12-16(13-21(22)24)15-8-6-5-7-9-15/h5-11,13-14,20,22H,4,12H2,1-3H3. The molecule has 2 aromatic rings. The molecule has 1 aliphatic carbocycles. The summed E-state index contributed by atoms with van der Waals surface area (Å²) in [6.45, 7) is 1.96. The molecule has 2 aromatic carbocycles. The van der Waals surface area contributed by atoms with Gasteiger partial charge in [-0.05, 0) is 48.3 Å². The zero-order valence-electron chi connectivity index (χ0n) is 16.3. The van der Waals surface area contributed by atoms with Gasteiger partial charge in [0.1, 0.15) is 17.4 Å². The predicted octanol–water partition coefficient (Wildman–Crippen LogP) is 4.02. The highest BCUT2D eigenvalue weighted by Crippen LogP contribution is 2.42. The molecule has 0 spiro atoms. The second-order valence-electron chi connectivity index (χ2n) is 6.62. The van der Waals surface area contributed by atoms with Crippen LogP contribution in [0.3, 0.4) is 0 Å². The normalized spacial score (nSPS) is 19.0. The van der Waals surface area contributed by atoms with E-state index in [0.717, 1.165) is 16.7 Å². The van der Waals surface area contributed by atoms with E-state index >= 15 is 0 Å². The van der Waals surface area contributed by atoms with Crippen molar-refractivity contribution in [3.05, 3.63) is 65.7 Å². The van der Waals surface area contributed by atoms with Crippen LogP contribution in [0.1, 0.15) is 30.4 Å². The van der Waals surface area contributed by atoms with Gasteiger partial charge in [0.15, 0.2) is 5.78 Å². The third kappa shape index (κ3) is 4.09. The molecule has 2 unspecified atom stereocenters. The lowest BCUT2D eigenvalue weighted by molar-refractivity contribution is -0.151. The van der Waals surface area contributed by atoms with Crippen molar-refractivity contribution in [2.75, 3.05) is 20.8 Å². The smallest absolute Gasteiger partial charge is 0.317 e.